The molecular formula is C14H20N2O3. The highest BCUT2D eigenvalue weighted by molar-refractivity contribution is 5.89. The molecule has 1 aliphatic rings. The lowest BCUT2D eigenvalue weighted by atomic mass is 10.2. The quantitative estimate of drug-likeness (QED) is 0.853. The Morgan fingerprint density at radius 3 is 3.05 bits per heavy atom. The minimum absolute atomic E-state index is 0.00705. The third-order valence-electron chi connectivity index (χ3n) is 3.24. The second-order valence-electron chi connectivity index (χ2n) is 4.94. The molecule has 2 atom stereocenters. The second-order valence-corrected chi connectivity index (χ2v) is 4.94. The predicted molar refractivity (Wildman–Crippen MR) is 73.2 cm³/mol. The maximum absolute atomic E-state index is 12.2. The Labute approximate surface area is 113 Å². The summed E-state index contributed by atoms with van der Waals surface area (Å²) in [6.07, 6.45) is -0.292. The van der Waals surface area contributed by atoms with Gasteiger partial charge in [0, 0.05) is 5.69 Å². The fourth-order valence-corrected chi connectivity index (χ4v) is 2.13. The molecule has 5 heteroatoms. The van der Waals surface area contributed by atoms with E-state index in [-0.39, 0.29) is 24.8 Å². The van der Waals surface area contributed by atoms with Crippen molar-refractivity contribution in [2.75, 3.05) is 25.1 Å². The standard InChI is InChI=1S/C14H20N2O3/c1-10-4-3-5-12(6-10)15-14(18)16-7-13(8-17)19-9-11(16)2/h3-6,11,13,17H,7-9H2,1-2H3,(H,15,18). The van der Waals surface area contributed by atoms with Gasteiger partial charge in [-0.3, -0.25) is 0 Å². The molecule has 0 aliphatic carbocycles. The first-order chi connectivity index (χ1) is 9.10. The number of aryl methyl sites for hydroxylation is 1. The number of amides is 2. The molecule has 2 rings (SSSR count). The van der Waals surface area contributed by atoms with Gasteiger partial charge in [0.2, 0.25) is 0 Å². The van der Waals surface area contributed by atoms with Gasteiger partial charge in [-0.05, 0) is 31.5 Å². The van der Waals surface area contributed by atoms with Crippen LogP contribution in [0, 0.1) is 6.92 Å². The van der Waals surface area contributed by atoms with Gasteiger partial charge < -0.3 is 20.1 Å². The van der Waals surface area contributed by atoms with Crippen LogP contribution in [0.2, 0.25) is 0 Å². The van der Waals surface area contributed by atoms with Gasteiger partial charge in [-0.2, -0.15) is 0 Å². The number of morpholine rings is 1. The number of carbonyl (C=O) groups excluding carboxylic acids is 1. The van der Waals surface area contributed by atoms with Crippen molar-refractivity contribution in [1.82, 2.24) is 4.90 Å². The summed E-state index contributed by atoms with van der Waals surface area (Å²) in [7, 11) is 0. The number of benzene rings is 1. The van der Waals surface area contributed by atoms with E-state index in [9.17, 15) is 4.79 Å². The van der Waals surface area contributed by atoms with Crippen LogP contribution in [-0.4, -0.2) is 47.9 Å². The Morgan fingerprint density at radius 2 is 2.37 bits per heavy atom. The maximum Gasteiger partial charge on any atom is 0.322 e. The molecule has 1 aromatic carbocycles. The zero-order valence-electron chi connectivity index (χ0n) is 11.3. The number of aliphatic hydroxyl groups is 1. The molecule has 1 heterocycles. The molecule has 1 saturated heterocycles. The van der Waals surface area contributed by atoms with E-state index < -0.39 is 0 Å². The number of carbonyl (C=O) groups is 1. The molecule has 1 aliphatic heterocycles. The van der Waals surface area contributed by atoms with Crippen LogP contribution in [0.15, 0.2) is 24.3 Å². The summed E-state index contributed by atoms with van der Waals surface area (Å²) < 4.78 is 5.42. The fraction of sp³-hybridized carbons (Fsp3) is 0.500. The molecule has 1 fully saturated rings. The number of anilines is 1. The molecule has 0 saturated carbocycles. The smallest absolute Gasteiger partial charge is 0.322 e. The second kappa shape index (κ2) is 6.04. The van der Waals surface area contributed by atoms with E-state index in [0.717, 1.165) is 11.3 Å². The Morgan fingerprint density at radius 1 is 1.58 bits per heavy atom. The number of hydrogen-bond donors (Lipinski definition) is 2. The van der Waals surface area contributed by atoms with Gasteiger partial charge in [0.25, 0.3) is 0 Å². The normalized spacial score (nSPS) is 23.2. The van der Waals surface area contributed by atoms with Crippen molar-refractivity contribution in [2.45, 2.75) is 26.0 Å². The minimum atomic E-state index is -0.292. The molecule has 0 aromatic heterocycles. The van der Waals surface area contributed by atoms with E-state index in [2.05, 4.69) is 5.32 Å². The summed E-state index contributed by atoms with van der Waals surface area (Å²) in [5, 5.41) is 12.0. The lowest BCUT2D eigenvalue weighted by molar-refractivity contribution is -0.0611. The Hall–Kier alpha value is -1.59. The molecule has 2 N–H and O–H groups in total. The summed E-state index contributed by atoms with van der Waals surface area (Å²) >= 11 is 0. The molecule has 104 valence electrons. The number of aliphatic hydroxyl groups excluding tert-OH is 1. The zero-order valence-corrected chi connectivity index (χ0v) is 11.3. The molecular weight excluding hydrogens is 244 g/mol. The highest BCUT2D eigenvalue weighted by Crippen LogP contribution is 2.15. The predicted octanol–water partition coefficient (Wildman–Crippen LogP) is 1.61. The third-order valence-corrected chi connectivity index (χ3v) is 3.24. The number of nitrogens with one attached hydrogen (secondary N) is 1. The van der Waals surface area contributed by atoms with Crippen LogP contribution in [0.1, 0.15) is 12.5 Å². The monoisotopic (exact) mass is 264 g/mol. The highest BCUT2D eigenvalue weighted by atomic mass is 16.5. The third kappa shape index (κ3) is 3.45. The van der Waals surface area contributed by atoms with E-state index in [1.165, 1.54) is 0 Å². The van der Waals surface area contributed by atoms with Crippen LogP contribution >= 0.6 is 0 Å². The highest BCUT2D eigenvalue weighted by Gasteiger charge is 2.29. The zero-order chi connectivity index (χ0) is 13.8. The van der Waals surface area contributed by atoms with Crippen molar-refractivity contribution in [2.24, 2.45) is 0 Å². The van der Waals surface area contributed by atoms with Crippen molar-refractivity contribution >= 4 is 11.7 Å². The van der Waals surface area contributed by atoms with E-state index in [1.54, 1.807) is 4.90 Å². The summed E-state index contributed by atoms with van der Waals surface area (Å²) in [5.41, 5.74) is 1.88. The first-order valence-corrected chi connectivity index (χ1v) is 6.47. The van der Waals surface area contributed by atoms with Gasteiger partial charge in [-0.1, -0.05) is 12.1 Å². The van der Waals surface area contributed by atoms with Crippen molar-refractivity contribution in [1.29, 1.82) is 0 Å². The van der Waals surface area contributed by atoms with Crippen LogP contribution in [-0.2, 0) is 4.74 Å². The lowest BCUT2D eigenvalue weighted by Gasteiger charge is -2.37. The van der Waals surface area contributed by atoms with Gasteiger partial charge in [0.15, 0.2) is 0 Å². The first-order valence-electron chi connectivity index (χ1n) is 6.47. The van der Waals surface area contributed by atoms with Gasteiger partial charge in [0.05, 0.1) is 31.9 Å². The van der Waals surface area contributed by atoms with Crippen LogP contribution in [0.3, 0.4) is 0 Å². The van der Waals surface area contributed by atoms with E-state index in [1.807, 2.05) is 38.1 Å². The Kier molecular flexibility index (Phi) is 4.39. The molecule has 2 amide bonds. The van der Waals surface area contributed by atoms with Crippen LogP contribution in [0.25, 0.3) is 0 Å². The van der Waals surface area contributed by atoms with Crippen molar-refractivity contribution in [3.8, 4) is 0 Å². The number of nitrogens with zero attached hydrogens (tertiary/aromatic N) is 1. The SMILES string of the molecule is Cc1cccc(NC(=O)N2CC(CO)OCC2C)c1. The number of rotatable bonds is 2. The average molecular weight is 264 g/mol. The Balaban J connectivity index is 2.02. The number of urea groups is 1. The van der Waals surface area contributed by atoms with Gasteiger partial charge >= 0.3 is 6.03 Å². The topological polar surface area (TPSA) is 61.8 Å². The van der Waals surface area contributed by atoms with Gasteiger partial charge in [0.1, 0.15) is 0 Å². The molecule has 0 spiro atoms. The van der Waals surface area contributed by atoms with Gasteiger partial charge in [-0.25, -0.2) is 4.79 Å². The number of hydrogen-bond acceptors (Lipinski definition) is 3. The summed E-state index contributed by atoms with van der Waals surface area (Å²) in [6, 6.07) is 7.53. The number of ether oxygens (including phenoxy) is 1. The minimum Gasteiger partial charge on any atom is -0.394 e. The van der Waals surface area contributed by atoms with E-state index >= 15 is 0 Å². The van der Waals surface area contributed by atoms with Crippen molar-refractivity contribution in [3.05, 3.63) is 29.8 Å². The van der Waals surface area contributed by atoms with E-state index in [4.69, 9.17) is 9.84 Å². The van der Waals surface area contributed by atoms with Crippen LogP contribution in [0.4, 0.5) is 10.5 Å². The van der Waals surface area contributed by atoms with Crippen LogP contribution in [0.5, 0.6) is 0 Å². The molecule has 0 bridgehead atoms. The fourth-order valence-electron chi connectivity index (χ4n) is 2.13. The van der Waals surface area contributed by atoms with Crippen LogP contribution < -0.4 is 5.32 Å². The molecule has 2 unspecified atom stereocenters. The molecule has 5 nitrogen and oxygen atoms in total. The molecule has 0 radical (unpaired) electrons. The average Bonchev–Trinajstić information content (AvgIpc) is 2.39. The summed E-state index contributed by atoms with van der Waals surface area (Å²) in [6.45, 7) is 4.71. The van der Waals surface area contributed by atoms with Gasteiger partial charge in [-0.15, -0.1) is 0 Å². The Bertz CT molecular complexity index is 450. The molecule has 19 heavy (non-hydrogen) atoms. The molecule has 1 aromatic rings. The van der Waals surface area contributed by atoms with Crippen molar-refractivity contribution in [3.63, 3.8) is 0 Å². The lowest BCUT2D eigenvalue weighted by Crippen LogP contribution is -2.53. The van der Waals surface area contributed by atoms with Crippen molar-refractivity contribution < 1.29 is 14.6 Å². The van der Waals surface area contributed by atoms with E-state index in [0.29, 0.717) is 13.2 Å². The summed E-state index contributed by atoms with van der Waals surface area (Å²) in [5.74, 6) is 0. The summed E-state index contributed by atoms with van der Waals surface area (Å²) in [4.78, 5) is 13.9. The largest absolute Gasteiger partial charge is 0.394 e. The first kappa shape index (κ1) is 13.8. The maximum atomic E-state index is 12.2.